The maximum Gasteiger partial charge on any atom is 0.231 e. The molecule has 6 nitrogen and oxygen atoms in total. The van der Waals surface area contributed by atoms with Crippen LogP contribution in [0.3, 0.4) is 0 Å². The molecule has 0 fully saturated rings. The number of guanidine groups is 1. The van der Waals surface area contributed by atoms with E-state index in [9.17, 15) is 0 Å². The maximum absolute atomic E-state index is 5.80. The van der Waals surface area contributed by atoms with Gasteiger partial charge in [-0.15, -0.1) is 24.0 Å². The summed E-state index contributed by atoms with van der Waals surface area (Å²) in [7, 11) is 1.76. The van der Waals surface area contributed by atoms with Crippen LogP contribution in [0.5, 0.6) is 17.2 Å². The fraction of sp³-hybridized carbons (Fsp3) is 0.350. The van der Waals surface area contributed by atoms with Crippen molar-refractivity contribution in [3.63, 3.8) is 0 Å². The first-order chi connectivity index (χ1) is 12.8. The zero-order valence-corrected chi connectivity index (χ0v) is 18.0. The summed E-state index contributed by atoms with van der Waals surface area (Å²) in [4.78, 5) is 4.24. The molecule has 1 aliphatic heterocycles. The number of aryl methyl sites for hydroxylation is 1. The molecule has 2 aromatic carbocycles. The summed E-state index contributed by atoms with van der Waals surface area (Å²) in [6.45, 7) is 4.45. The van der Waals surface area contributed by atoms with E-state index in [-0.39, 0.29) is 24.0 Å². The number of nitrogens with one attached hydrogen (secondary N) is 2. The van der Waals surface area contributed by atoms with Crippen molar-refractivity contribution < 1.29 is 14.2 Å². The van der Waals surface area contributed by atoms with Gasteiger partial charge in [0.05, 0.1) is 6.61 Å². The van der Waals surface area contributed by atoms with E-state index in [0.29, 0.717) is 19.9 Å². The van der Waals surface area contributed by atoms with E-state index in [4.69, 9.17) is 14.2 Å². The lowest BCUT2D eigenvalue weighted by Gasteiger charge is -2.13. The van der Waals surface area contributed by atoms with Gasteiger partial charge in [-0.2, -0.15) is 0 Å². The molecule has 7 heteroatoms. The predicted molar refractivity (Wildman–Crippen MR) is 117 cm³/mol. The van der Waals surface area contributed by atoms with Crippen molar-refractivity contribution in [1.82, 2.24) is 10.6 Å². The molecule has 3 rings (SSSR count). The van der Waals surface area contributed by atoms with Crippen LogP contribution in [0, 0.1) is 6.92 Å². The molecule has 0 saturated heterocycles. The smallest absolute Gasteiger partial charge is 0.231 e. The molecule has 0 aliphatic carbocycles. The molecule has 2 N–H and O–H groups in total. The highest BCUT2D eigenvalue weighted by atomic mass is 127. The number of ether oxygens (including phenoxy) is 3. The quantitative estimate of drug-likeness (QED) is 0.273. The second kappa shape index (κ2) is 10.9. The van der Waals surface area contributed by atoms with Gasteiger partial charge in [0, 0.05) is 20.1 Å². The van der Waals surface area contributed by atoms with Crippen LogP contribution in [0.25, 0.3) is 0 Å². The molecule has 0 radical (unpaired) electrons. The summed E-state index contributed by atoms with van der Waals surface area (Å²) in [6, 6.07) is 14.0. The van der Waals surface area contributed by atoms with Crippen LogP contribution in [0.4, 0.5) is 0 Å². The summed E-state index contributed by atoms with van der Waals surface area (Å²) >= 11 is 0. The van der Waals surface area contributed by atoms with Gasteiger partial charge in [-0.25, -0.2) is 0 Å². The van der Waals surface area contributed by atoms with E-state index >= 15 is 0 Å². The van der Waals surface area contributed by atoms with Gasteiger partial charge in [-0.05, 0) is 42.7 Å². The molecule has 0 amide bonds. The minimum atomic E-state index is 0. The fourth-order valence-corrected chi connectivity index (χ4v) is 2.64. The van der Waals surface area contributed by atoms with Gasteiger partial charge in [-0.1, -0.05) is 24.3 Å². The molecule has 0 aromatic heterocycles. The molecule has 0 bridgehead atoms. The van der Waals surface area contributed by atoms with E-state index in [1.165, 1.54) is 0 Å². The molecule has 1 heterocycles. The number of benzene rings is 2. The highest BCUT2D eigenvalue weighted by molar-refractivity contribution is 14.0. The van der Waals surface area contributed by atoms with Crippen molar-refractivity contribution in [1.29, 1.82) is 0 Å². The van der Waals surface area contributed by atoms with Crippen molar-refractivity contribution in [2.24, 2.45) is 4.99 Å². The van der Waals surface area contributed by atoms with Crippen molar-refractivity contribution in [3.05, 3.63) is 53.6 Å². The van der Waals surface area contributed by atoms with Crippen molar-refractivity contribution in [2.75, 3.05) is 27.0 Å². The predicted octanol–water partition coefficient (Wildman–Crippen LogP) is 3.48. The van der Waals surface area contributed by atoms with Crippen LogP contribution in [0.1, 0.15) is 17.5 Å². The minimum absolute atomic E-state index is 0. The van der Waals surface area contributed by atoms with E-state index in [1.807, 2.05) is 36.4 Å². The fourth-order valence-electron chi connectivity index (χ4n) is 2.64. The average Bonchev–Trinajstić information content (AvgIpc) is 3.13. The Bertz CT molecular complexity index is 768. The van der Waals surface area contributed by atoms with Crippen molar-refractivity contribution in [3.8, 4) is 17.2 Å². The first-order valence-corrected chi connectivity index (χ1v) is 8.78. The lowest BCUT2D eigenvalue weighted by molar-refractivity contribution is 0.174. The first-order valence-electron chi connectivity index (χ1n) is 8.78. The highest BCUT2D eigenvalue weighted by Gasteiger charge is 2.13. The Morgan fingerprint density at radius 3 is 2.74 bits per heavy atom. The average molecular weight is 483 g/mol. The topological polar surface area (TPSA) is 64.1 Å². The van der Waals surface area contributed by atoms with Gasteiger partial charge in [0.15, 0.2) is 17.5 Å². The molecule has 0 unspecified atom stereocenters. The zero-order valence-electron chi connectivity index (χ0n) is 15.7. The first kappa shape index (κ1) is 21.1. The Morgan fingerprint density at radius 2 is 1.93 bits per heavy atom. The molecular weight excluding hydrogens is 457 g/mol. The second-order valence-corrected chi connectivity index (χ2v) is 6.01. The Morgan fingerprint density at radius 1 is 1.11 bits per heavy atom. The van der Waals surface area contributed by atoms with Gasteiger partial charge in [0.25, 0.3) is 0 Å². The molecule has 2 aromatic rings. The normalized spacial score (nSPS) is 12.3. The third kappa shape index (κ3) is 6.20. The van der Waals surface area contributed by atoms with Crippen LogP contribution < -0.4 is 24.8 Å². The monoisotopic (exact) mass is 483 g/mol. The number of fused-ring (bicyclic) bond motifs is 1. The third-order valence-electron chi connectivity index (χ3n) is 4.09. The van der Waals surface area contributed by atoms with E-state index in [0.717, 1.165) is 47.3 Å². The van der Waals surface area contributed by atoms with Crippen LogP contribution in [0.2, 0.25) is 0 Å². The second-order valence-electron chi connectivity index (χ2n) is 6.01. The Balaban J connectivity index is 0.00000261. The molecule has 1 aliphatic rings. The van der Waals surface area contributed by atoms with E-state index in [2.05, 4.69) is 28.6 Å². The lowest BCUT2D eigenvalue weighted by Crippen LogP contribution is -2.37. The molecular formula is C20H26IN3O3. The van der Waals surface area contributed by atoms with Gasteiger partial charge in [0.2, 0.25) is 6.79 Å². The van der Waals surface area contributed by atoms with Crippen LogP contribution in [-0.2, 0) is 6.54 Å². The summed E-state index contributed by atoms with van der Waals surface area (Å²) in [5.74, 6) is 3.29. The number of rotatable bonds is 7. The number of hydrogen-bond acceptors (Lipinski definition) is 4. The Kier molecular flexibility index (Phi) is 8.50. The number of para-hydroxylation sites is 1. The van der Waals surface area contributed by atoms with Gasteiger partial charge in [0.1, 0.15) is 5.75 Å². The molecule has 0 spiro atoms. The minimum Gasteiger partial charge on any atom is -0.493 e. The van der Waals surface area contributed by atoms with E-state index < -0.39 is 0 Å². The van der Waals surface area contributed by atoms with E-state index in [1.54, 1.807) is 7.05 Å². The standard InChI is InChI=1S/C20H25N3O3.HI/c1-15-6-3-4-7-17(15)24-11-5-10-22-20(21-2)23-13-16-8-9-18-19(12-16)26-14-25-18;/h3-4,6-9,12H,5,10-11,13-14H2,1-2H3,(H2,21,22,23);1H. The number of nitrogens with zero attached hydrogens (tertiary/aromatic N) is 1. The maximum atomic E-state index is 5.80. The summed E-state index contributed by atoms with van der Waals surface area (Å²) < 4.78 is 16.5. The Labute approximate surface area is 177 Å². The van der Waals surface area contributed by atoms with Crippen LogP contribution >= 0.6 is 24.0 Å². The summed E-state index contributed by atoms with van der Waals surface area (Å²) in [6.07, 6.45) is 0.888. The van der Waals surface area contributed by atoms with Gasteiger partial charge < -0.3 is 24.8 Å². The van der Waals surface area contributed by atoms with Gasteiger partial charge in [-0.3, -0.25) is 4.99 Å². The molecule has 27 heavy (non-hydrogen) atoms. The zero-order chi connectivity index (χ0) is 18.2. The third-order valence-corrected chi connectivity index (χ3v) is 4.09. The van der Waals surface area contributed by atoms with Crippen LogP contribution in [0.15, 0.2) is 47.5 Å². The SMILES string of the molecule is CN=C(NCCCOc1ccccc1C)NCc1ccc2c(c1)OCO2.I. The molecule has 146 valence electrons. The number of halogens is 1. The summed E-state index contributed by atoms with van der Waals surface area (Å²) in [5.41, 5.74) is 2.27. The largest absolute Gasteiger partial charge is 0.493 e. The lowest BCUT2D eigenvalue weighted by atomic mass is 10.2. The molecule has 0 atom stereocenters. The highest BCUT2D eigenvalue weighted by Crippen LogP contribution is 2.32. The number of aliphatic imine (C=N–C) groups is 1. The van der Waals surface area contributed by atoms with Gasteiger partial charge >= 0.3 is 0 Å². The van der Waals surface area contributed by atoms with Crippen LogP contribution in [-0.4, -0.2) is 33.0 Å². The Hall–Kier alpha value is -2.16. The summed E-state index contributed by atoms with van der Waals surface area (Å²) in [5, 5.41) is 6.59. The van der Waals surface area contributed by atoms with Crippen molar-refractivity contribution in [2.45, 2.75) is 19.9 Å². The number of hydrogen-bond donors (Lipinski definition) is 2. The van der Waals surface area contributed by atoms with Crippen molar-refractivity contribution >= 4 is 29.9 Å². The molecule has 0 saturated carbocycles.